The first-order valence-corrected chi connectivity index (χ1v) is 12.5. The highest BCUT2D eigenvalue weighted by Gasteiger charge is 2.69. The summed E-state index contributed by atoms with van der Waals surface area (Å²) in [6.45, 7) is 3.30. The summed E-state index contributed by atoms with van der Waals surface area (Å²) < 4.78 is 9.01. The van der Waals surface area contributed by atoms with Gasteiger partial charge in [0.25, 0.3) is 5.56 Å². The normalized spacial score (nSPS) is 24.7. The van der Waals surface area contributed by atoms with Crippen molar-refractivity contribution < 1.29 is 24.2 Å². The number of ether oxygens (including phenoxy) is 1. The molecular formula is C28H30N4O6. The molecule has 0 spiro atoms. The van der Waals surface area contributed by atoms with E-state index in [2.05, 4.69) is 5.32 Å². The lowest BCUT2D eigenvalue weighted by Crippen LogP contribution is -2.59. The largest absolute Gasteiger partial charge is 0.480 e. The minimum absolute atomic E-state index is 0.111. The van der Waals surface area contributed by atoms with Crippen LogP contribution in [0.5, 0.6) is 0 Å². The molecule has 198 valence electrons. The molecule has 38 heavy (non-hydrogen) atoms. The molecule has 0 bridgehead atoms. The number of para-hydroxylation sites is 1. The highest BCUT2D eigenvalue weighted by atomic mass is 16.5. The Morgan fingerprint density at radius 2 is 1.66 bits per heavy atom. The van der Waals surface area contributed by atoms with E-state index in [0.717, 1.165) is 10.5 Å². The highest BCUT2D eigenvalue weighted by molar-refractivity contribution is 6.09. The van der Waals surface area contributed by atoms with Crippen LogP contribution in [0.15, 0.2) is 65.5 Å². The van der Waals surface area contributed by atoms with E-state index in [1.54, 1.807) is 37.7 Å². The van der Waals surface area contributed by atoms with Crippen LogP contribution in [0.3, 0.4) is 0 Å². The summed E-state index contributed by atoms with van der Waals surface area (Å²) in [6, 6.07) is 17.3. The number of nitrogens with one attached hydrogen (secondary N) is 1. The molecule has 10 nitrogen and oxygen atoms in total. The summed E-state index contributed by atoms with van der Waals surface area (Å²) in [4.78, 5) is 54.8. The molecule has 5 rings (SSSR count). The van der Waals surface area contributed by atoms with Crippen molar-refractivity contribution in [2.45, 2.75) is 32.0 Å². The first kappa shape index (κ1) is 25.6. The number of likely N-dealkylation sites (tertiary alicyclic amines) is 1. The first-order chi connectivity index (χ1) is 18.2. The van der Waals surface area contributed by atoms with Crippen LogP contribution in [0.1, 0.15) is 29.8 Å². The number of hydrogen-bond acceptors (Lipinski definition) is 6. The predicted molar refractivity (Wildman–Crippen MR) is 137 cm³/mol. The maximum Gasteiger partial charge on any atom is 0.327 e. The van der Waals surface area contributed by atoms with Crippen molar-refractivity contribution in [2.75, 3.05) is 13.2 Å². The molecule has 0 aliphatic carbocycles. The second kappa shape index (κ2) is 9.70. The molecule has 10 heteroatoms. The van der Waals surface area contributed by atoms with Gasteiger partial charge in [-0.2, -0.15) is 0 Å². The molecule has 2 aliphatic heterocycles. The van der Waals surface area contributed by atoms with E-state index < -0.39 is 41.2 Å². The van der Waals surface area contributed by atoms with Crippen molar-refractivity contribution in [3.8, 4) is 5.69 Å². The molecule has 1 aromatic heterocycles. The number of carbonyl (C=O) groups is 3. The average Bonchev–Trinajstić information content (AvgIpc) is 3.46. The van der Waals surface area contributed by atoms with Crippen molar-refractivity contribution in [1.29, 1.82) is 0 Å². The van der Waals surface area contributed by atoms with Crippen LogP contribution >= 0.6 is 0 Å². The molecule has 2 saturated heterocycles. The van der Waals surface area contributed by atoms with Crippen molar-refractivity contribution in [1.82, 2.24) is 19.6 Å². The topological polar surface area (TPSA) is 123 Å². The molecule has 4 atom stereocenters. The van der Waals surface area contributed by atoms with Crippen molar-refractivity contribution in [3.05, 3.63) is 87.8 Å². The summed E-state index contributed by atoms with van der Waals surface area (Å²) in [5.41, 5.74) is 0.0198. The van der Waals surface area contributed by atoms with Crippen LogP contribution < -0.4 is 10.9 Å². The fourth-order valence-electron chi connectivity index (χ4n) is 5.86. The summed E-state index contributed by atoms with van der Waals surface area (Å²) in [6.07, 6.45) is 0. The molecule has 2 N–H and O–H groups in total. The summed E-state index contributed by atoms with van der Waals surface area (Å²) in [7, 11) is 1.73. The van der Waals surface area contributed by atoms with Gasteiger partial charge in [-0.05, 0) is 31.5 Å². The van der Waals surface area contributed by atoms with E-state index in [-0.39, 0.29) is 30.9 Å². The van der Waals surface area contributed by atoms with Crippen LogP contribution in [0.4, 0.5) is 0 Å². The molecule has 2 amide bonds. The van der Waals surface area contributed by atoms with E-state index >= 15 is 0 Å². The molecule has 3 heterocycles. The number of carbonyl (C=O) groups excluding carboxylic acids is 2. The van der Waals surface area contributed by atoms with Gasteiger partial charge in [-0.1, -0.05) is 48.5 Å². The lowest BCUT2D eigenvalue weighted by atomic mass is 9.79. The predicted octanol–water partition coefficient (Wildman–Crippen LogP) is 1.79. The second-order valence-corrected chi connectivity index (χ2v) is 9.78. The third-order valence-corrected chi connectivity index (χ3v) is 7.79. The standard InChI is InChI=1S/C28H30N4O6/c1-4-31-24(33)21-22(26(31)35)28(27(36)37,16-38-15-18-11-7-5-8-12-18)29-23(21)20-17(2)30(3)32(25(20)34)19-13-9-6-10-14-19/h5-14,21-23,29H,4,15-16H2,1-3H3,(H,36,37). The Hall–Kier alpha value is -4.02. The van der Waals surface area contributed by atoms with Gasteiger partial charge in [0.05, 0.1) is 42.3 Å². The number of benzene rings is 2. The monoisotopic (exact) mass is 518 g/mol. The maximum atomic E-state index is 13.8. The second-order valence-electron chi connectivity index (χ2n) is 9.78. The maximum absolute atomic E-state index is 13.8. The number of carboxylic acids is 1. The minimum atomic E-state index is -1.90. The highest BCUT2D eigenvalue weighted by Crippen LogP contribution is 2.49. The molecular weight excluding hydrogens is 488 g/mol. The average molecular weight is 519 g/mol. The van der Waals surface area contributed by atoms with Gasteiger partial charge in [-0.15, -0.1) is 0 Å². The number of hydrogen-bond donors (Lipinski definition) is 2. The lowest BCUT2D eigenvalue weighted by molar-refractivity contribution is -0.154. The van der Waals surface area contributed by atoms with Crippen molar-refractivity contribution in [2.24, 2.45) is 18.9 Å². The van der Waals surface area contributed by atoms with Crippen molar-refractivity contribution in [3.63, 3.8) is 0 Å². The number of fused-ring (bicyclic) bond motifs is 1. The zero-order valence-corrected chi connectivity index (χ0v) is 21.5. The van der Waals surface area contributed by atoms with E-state index in [1.807, 2.05) is 48.5 Å². The van der Waals surface area contributed by atoms with E-state index in [9.17, 15) is 24.3 Å². The number of nitrogens with zero attached hydrogens (tertiary/aromatic N) is 3. The SMILES string of the molecule is CCN1C(=O)C2C(c3c(C)n(C)n(-c4ccccc4)c3=O)NC(COCc3ccccc3)(C(=O)O)C2C1=O. The van der Waals surface area contributed by atoms with Gasteiger partial charge in [-0.25, -0.2) is 4.68 Å². The van der Waals surface area contributed by atoms with Gasteiger partial charge in [0.1, 0.15) is 0 Å². The van der Waals surface area contributed by atoms with Crippen LogP contribution in [0.25, 0.3) is 5.69 Å². The smallest absolute Gasteiger partial charge is 0.327 e. The summed E-state index contributed by atoms with van der Waals surface area (Å²) in [5.74, 6) is -4.64. The molecule has 0 saturated carbocycles. The third kappa shape index (κ3) is 3.79. The first-order valence-electron chi connectivity index (χ1n) is 12.5. The number of rotatable bonds is 8. The van der Waals surface area contributed by atoms with E-state index in [1.165, 1.54) is 4.68 Å². The third-order valence-electron chi connectivity index (χ3n) is 7.79. The lowest BCUT2D eigenvalue weighted by Gasteiger charge is -2.30. The Bertz CT molecular complexity index is 1450. The van der Waals surface area contributed by atoms with Gasteiger partial charge in [0.15, 0.2) is 5.54 Å². The van der Waals surface area contributed by atoms with E-state index in [0.29, 0.717) is 11.4 Å². The number of aromatic nitrogens is 2. The van der Waals surface area contributed by atoms with Gasteiger partial charge in [0, 0.05) is 19.3 Å². The quantitative estimate of drug-likeness (QED) is 0.436. The summed E-state index contributed by atoms with van der Waals surface area (Å²) in [5, 5.41) is 13.6. The Kier molecular flexibility index (Phi) is 6.54. The fourth-order valence-corrected chi connectivity index (χ4v) is 5.86. The molecule has 3 aromatic rings. The van der Waals surface area contributed by atoms with Crippen LogP contribution in [0.2, 0.25) is 0 Å². The van der Waals surface area contributed by atoms with Gasteiger partial charge in [0.2, 0.25) is 11.8 Å². The van der Waals surface area contributed by atoms with Crippen molar-refractivity contribution >= 4 is 17.8 Å². The van der Waals surface area contributed by atoms with Gasteiger partial charge in [-0.3, -0.25) is 34.1 Å². The molecule has 2 aromatic carbocycles. The van der Waals surface area contributed by atoms with Crippen LogP contribution in [-0.2, 0) is 32.8 Å². The number of aliphatic carboxylic acids is 1. The molecule has 0 radical (unpaired) electrons. The summed E-state index contributed by atoms with van der Waals surface area (Å²) >= 11 is 0. The van der Waals surface area contributed by atoms with Crippen LogP contribution in [-0.4, -0.2) is 55.8 Å². The van der Waals surface area contributed by atoms with E-state index in [4.69, 9.17) is 4.74 Å². The molecule has 4 unspecified atom stereocenters. The Morgan fingerprint density at radius 1 is 1.03 bits per heavy atom. The van der Waals surface area contributed by atoms with Crippen LogP contribution in [0, 0.1) is 18.8 Å². The fraction of sp³-hybridized carbons (Fsp3) is 0.357. The number of carboxylic acid groups (broad SMARTS) is 1. The Labute approximate surface area is 219 Å². The minimum Gasteiger partial charge on any atom is -0.480 e. The molecule has 2 aliphatic rings. The van der Waals surface area contributed by atoms with Gasteiger partial charge < -0.3 is 9.84 Å². The molecule has 2 fully saturated rings. The van der Waals surface area contributed by atoms with Gasteiger partial charge >= 0.3 is 5.97 Å². The number of imide groups is 1. The zero-order chi connectivity index (χ0) is 27.2. The Balaban J connectivity index is 1.60. The number of amides is 2. The zero-order valence-electron chi connectivity index (χ0n) is 21.5. The Morgan fingerprint density at radius 3 is 2.26 bits per heavy atom.